The molecule has 4 fully saturated rings. The third-order valence-electron chi connectivity index (χ3n) is 14.1. The van der Waals surface area contributed by atoms with Gasteiger partial charge in [-0.2, -0.15) is 12.6 Å². The first-order valence-electron chi connectivity index (χ1n) is 21.9. The molecule has 3 unspecified atom stereocenters. The maximum absolute atomic E-state index is 13.9. The van der Waals surface area contributed by atoms with Crippen molar-refractivity contribution in [1.82, 2.24) is 16.0 Å². The smallest absolute Gasteiger partial charge is 0.304 e. The molecule has 0 aromatic heterocycles. The van der Waals surface area contributed by atoms with Gasteiger partial charge in [-0.3, -0.25) is 33.6 Å². The predicted molar refractivity (Wildman–Crippen MR) is 240 cm³/mol. The Labute approximate surface area is 386 Å². The predicted octanol–water partition coefficient (Wildman–Crippen LogP) is 3.67. The van der Waals surface area contributed by atoms with Gasteiger partial charge in [0.2, 0.25) is 23.6 Å². The number of carbonyl (C=O) groups is 7. The van der Waals surface area contributed by atoms with Crippen molar-refractivity contribution >= 4 is 71.2 Å². The number of aliphatic carboxylic acids is 1. The summed E-state index contributed by atoms with van der Waals surface area (Å²) in [5.41, 5.74) is -0.531. The van der Waals surface area contributed by atoms with Crippen LogP contribution in [0, 0.1) is 28.6 Å². The van der Waals surface area contributed by atoms with Crippen LogP contribution in [0.15, 0.2) is 82.1 Å². The molecule has 1 saturated heterocycles. The fraction of sp³-hybridized carbons (Fsp3) is 0.511. The summed E-state index contributed by atoms with van der Waals surface area (Å²) in [5, 5.41) is 40.3. The molecule has 0 bridgehead atoms. The van der Waals surface area contributed by atoms with Gasteiger partial charge in [0.25, 0.3) is 0 Å². The molecule has 1 aliphatic heterocycles. The number of amides is 4. The number of carboxylic acid groups (broad SMARTS) is 1. The van der Waals surface area contributed by atoms with E-state index in [0.717, 1.165) is 28.2 Å². The highest BCUT2D eigenvalue weighted by molar-refractivity contribution is 7.99. The van der Waals surface area contributed by atoms with Gasteiger partial charge in [0.05, 0.1) is 23.9 Å². The van der Waals surface area contributed by atoms with Crippen LogP contribution in [-0.4, -0.2) is 105 Å². The van der Waals surface area contributed by atoms with Crippen molar-refractivity contribution in [2.75, 3.05) is 18.5 Å². The SMILES string of the molecule is C[C@H](NC(=O)CCNC(=O)C(S)CC(=O)O)C(=O)N[C@@H](C)C(=O)Nc1cccc(Sc2ccc([C@@H]3O[C@@H]4CC5[C@@H]6CCC7=CC(=O)C=C[C@]7(C)C6[C@@H](O)C[C@]5(C)[C@]4(C(=O)CO)O3)cc2)c1. The maximum Gasteiger partial charge on any atom is 0.304 e. The van der Waals surface area contributed by atoms with E-state index in [1.165, 1.54) is 25.6 Å². The standard InChI is InChI=1S/C47H56N4O12S2/c1-24(49-38(56)15-17-48-43(61)35(64)21-39(57)58)41(59)50-25(2)42(60)51-28-6-5-7-31(19-28)65-30-11-8-26(9-12-30)44-62-37-20-33-32-13-10-27-18-29(53)14-16-45(27,3)40(32)34(54)22-46(33,4)47(37,63-44)36(55)23-52/h5-9,11-12,14,16,18-19,24-25,32-35,37,40,44,52,54,64H,10,13,15,17,20-23H2,1-4H3,(H,48,61)(H,49,56)(H,50,59)(H,51,60)(H,57,58)/t24-,25-,32-,33?,34-,35?,37+,40?,44+,45-,46-,47+/m0/s1. The summed E-state index contributed by atoms with van der Waals surface area (Å²) >= 11 is 5.37. The fourth-order valence-electron chi connectivity index (χ4n) is 11.0. The van der Waals surface area contributed by atoms with Crippen LogP contribution in [0.4, 0.5) is 5.69 Å². The third kappa shape index (κ3) is 9.43. The highest BCUT2D eigenvalue weighted by atomic mass is 32.2. The molecular formula is C47H56N4O12S2. The van der Waals surface area contributed by atoms with Crippen molar-refractivity contribution in [3.8, 4) is 0 Å². The molecule has 2 aromatic rings. The van der Waals surface area contributed by atoms with E-state index >= 15 is 0 Å². The molecule has 4 amide bonds. The Balaban J connectivity index is 0.927. The molecule has 18 heteroatoms. The molecular weight excluding hydrogens is 877 g/mol. The highest BCUT2D eigenvalue weighted by Gasteiger charge is 2.76. The van der Waals surface area contributed by atoms with Gasteiger partial charge >= 0.3 is 5.97 Å². The van der Waals surface area contributed by atoms with Gasteiger partial charge in [0.1, 0.15) is 18.7 Å². The minimum absolute atomic E-state index is 0.0195. The van der Waals surface area contributed by atoms with Gasteiger partial charge in [-0.25, -0.2) is 0 Å². The number of hydrogen-bond acceptors (Lipinski definition) is 13. The lowest BCUT2D eigenvalue weighted by atomic mass is 9.46. The third-order valence-corrected chi connectivity index (χ3v) is 15.5. The Hall–Kier alpha value is -4.85. The Kier molecular flexibility index (Phi) is 14.2. The summed E-state index contributed by atoms with van der Waals surface area (Å²) in [6.07, 6.45) is 4.64. The van der Waals surface area contributed by atoms with Crippen LogP contribution < -0.4 is 21.3 Å². The number of fused-ring (bicyclic) bond motifs is 7. The van der Waals surface area contributed by atoms with Crippen LogP contribution in [0.3, 0.4) is 0 Å². The number of aliphatic hydroxyl groups is 2. The van der Waals surface area contributed by atoms with Crippen LogP contribution in [0.1, 0.15) is 78.1 Å². The maximum atomic E-state index is 13.9. The average molecular weight is 933 g/mol. The minimum Gasteiger partial charge on any atom is -0.481 e. The highest BCUT2D eigenvalue weighted by Crippen LogP contribution is 2.70. The van der Waals surface area contributed by atoms with Crippen molar-refractivity contribution in [2.45, 2.75) is 117 Å². The van der Waals surface area contributed by atoms with Crippen LogP contribution in [0.5, 0.6) is 0 Å². The van der Waals surface area contributed by atoms with Crippen molar-refractivity contribution in [3.05, 3.63) is 77.9 Å². The Morgan fingerprint density at radius 3 is 2.40 bits per heavy atom. The second-order valence-corrected chi connectivity index (χ2v) is 20.0. The molecule has 4 aliphatic carbocycles. The van der Waals surface area contributed by atoms with E-state index < -0.39 is 101 Å². The number of ketones is 2. The monoisotopic (exact) mass is 932 g/mol. The Morgan fingerprint density at radius 2 is 1.69 bits per heavy atom. The average Bonchev–Trinajstić information content (AvgIpc) is 3.76. The number of benzene rings is 2. The van der Waals surface area contributed by atoms with Gasteiger partial charge in [-0.15, -0.1) is 0 Å². The number of carboxylic acids is 1. The summed E-state index contributed by atoms with van der Waals surface area (Å²) in [6, 6.07) is 12.7. The molecule has 0 spiro atoms. The van der Waals surface area contributed by atoms with Crippen molar-refractivity contribution in [3.63, 3.8) is 0 Å². The molecule has 12 atom stereocenters. The molecule has 3 saturated carbocycles. The van der Waals surface area contributed by atoms with Gasteiger partial charge < -0.3 is 46.1 Å². The van der Waals surface area contributed by atoms with E-state index in [2.05, 4.69) is 40.8 Å². The zero-order valence-corrected chi connectivity index (χ0v) is 38.3. The topological polar surface area (TPSA) is 247 Å². The molecule has 7 N–H and O–H groups in total. The van der Waals surface area contributed by atoms with E-state index in [9.17, 15) is 43.8 Å². The number of ether oxygens (including phenoxy) is 2. The molecule has 2 aromatic carbocycles. The first-order valence-corrected chi connectivity index (χ1v) is 23.2. The summed E-state index contributed by atoms with van der Waals surface area (Å²) < 4.78 is 13.4. The minimum atomic E-state index is -1.46. The molecule has 5 aliphatic rings. The van der Waals surface area contributed by atoms with Crippen LogP contribution in [0.25, 0.3) is 0 Å². The number of anilines is 1. The van der Waals surface area contributed by atoms with Crippen LogP contribution >= 0.6 is 24.4 Å². The summed E-state index contributed by atoms with van der Waals surface area (Å²) in [4.78, 5) is 88.7. The molecule has 1 heterocycles. The van der Waals surface area contributed by atoms with E-state index in [-0.39, 0.29) is 42.9 Å². The number of carbonyl (C=O) groups excluding carboxylic acids is 6. The van der Waals surface area contributed by atoms with E-state index in [1.54, 1.807) is 30.4 Å². The molecule has 65 heavy (non-hydrogen) atoms. The van der Waals surface area contributed by atoms with Crippen LogP contribution in [-0.2, 0) is 43.0 Å². The van der Waals surface area contributed by atoms with Crippen LogP contribution in [0.2, 0.25) is 0 Å². The van der Waals surface area contributed by atoms with Crippen molar-refractivity contribution in [1.29, 1.82) is 0 Å². The number of thiol groups is 1. The van der Waals surface area contributed by atoms with Gasteiger partial charge in [0, 0.05) is 50.8 Å². The largest absolute Gasteiger partial charge is 0.481 e. The molecule has 348 valence electrons. The first-order chi connectivity index (χ1) is 30.8. The second-order valence-electron chi connectivity index (χ2n) is 18.2. The fourth-order valence-corrected chi connectivity index (χ4v) is 12.1. The number of rotatable bonds is 16. The molecule has 0 radical (unpaired) electrons. The second kappa shape index (κ2) is 19.2. The Morgan fingerprint density at radius 1 is 0.969 bits per heavy atom. The number of Topliss-reactive ketones (excluding diaryl/α,β-unsaturated/α-hetero) is 1. The number of aliphatic hydroxyl groups excluding tert-OH is 2. The van der Waals surface area contributed by atoms with E-state index in [0.29, 0.717) is 17.7 Å². The van der Waals surface area contributed by atoms with Gasteiger partial charge in [-0.05, 0) is 93.9 Å². The lowest BCUT2D eigenvalue weighted by Gasteiger charge is -2.59. The lowest BCUT2D eigenvalue weighted by Crippen LogP contribution is -2.63. The summed E-state index contributed by atoms with van der Waals surface area (Å²) in [5.74, 6) is -4.05. The van der Waals surface area contributed by atoms with Crippen molar-refractivity contribution < 1.29 is 58.4 Å². The van der Waals surface area contributed by atoms with Gasteiger partial charge in [-0.1, -0.05) is 55.5 Å². The quantitative estimate of drug-likeness (QED) is 0.112. The van der Waals surface area contributed by atoms with E-state index in [4.69, 9.17) is 14.6 Å². The number of allylic oxidation sites excluding steroid dienone is 4. The zero-order chi connectivity index (χ0) is 47.0. The zero-order valence-electron chi connectivity index (χ0n) is 36.6. The first kappa shape index (κ1) is 48.1. The summed E-state index contributed by atoms with van der Waals surface area (Å²) in [6.45, 7) is 6.24. The molecule has 16 nitrogen and oxygen atoms in total. The lowest BCUT2D eigenvalue weighted by molar-refractivity contribution is -0.201. The Bertz CT molecular complexity index is 2310. The van der Waals surface area contributed by atoms with E-state index in [1.807, 2.05) is 43.3 Å². The van der Waals surface area contributed by atoms with Crippen molar-refractivity contribution in [2.24, 2.45) is 28.6 Å². The molecule has 7 rings (SSSR count). The normalized spacial score (nSPS) is 31.1. The number of hydrogen-bond donors (Lipinski definition) is 8. The van der Waals surface area contributed by atoms with Gasteiger partial charge in [0.15, 0.2) is 23.5 Å². The summed E-state index contributed by atoms with van der Waals surface area (Å²) in [7, 11) is 0. The number of nitrogens with one attached hydrogen (secondary N) is 4.